The molecular weight excluding hydrogens is 390 g/mol. The van der Waals surface area contributed by atoms with E-state index < -0.39 is 0 Å². The Bertz CT molecular complexity index is 887. The summed E-state index contributed by atoms with van der Waals surface area (Å²) in [6.45, 7) is 9.78. The molecule has 31 heavy (non-hydrogen) atoms. The molecule has 1 aliphatic heterocycles. The van der Waals surface area contributed by atoms with Crippen molar-refractivity contribution in [1.29, 1.82) is 0 Å². The Morgan fingerprint density at radius 1 is 1.00 bits per heavy atom. The summed E-state index contributed by atoms with van der Waals surface area (Å²) in [5, 5.41) is 3.01. The van der Waals surface area contributed by atoms with E-state index in [9.17, 15) is 9.59 Å². The number of piperazine rings is 1. The standard InChI is InChI=1S/C25H33N3O3/c1-4-31-22-11-8-21(9-12-22)10-13-25(30)28-16-14-27(15-17-28)18-24(29)26-23-7-5-6-19(2)20(23)3/h5-9,11-12H,4,10,13-18H2,1-3H3,(H,26,29). The summed E-state index contributed by atoms with van der Waals surface area (Å²) in [6, 6.07) is 13.9. The third-order valence-corrected chi connectivity index (χ3v) is 5.83. The van der Waals surface area contributed by atoms with Crippen molar-refractivity contribution in [2.24, 2.45) is 0 Å². The van der Waals surface area contributed by atoms with Gasteiger partial charge in [-0.3, -0.25) is 14.5 Å². The third kappa shape index (κ3) is 6.56. The number of hydrogen-bond donors (Lipinski definition) is 1. The van der Waals surface area contributed by atoms with Crippen LogP contribution in [0.25, 0.3) is 0 Å². The number of benzene rings is 2. The Hall–Kier alpha value is -2.86. The van der Waals surface area contributed by atoms with Crippen molar-refractivity contribution < 1.29 is 14.3 Å². The lowest BCUT2D eigenvalue weighted by Gasteiger charge is -2.34. The summed E-state index contributed by atoms with van der Waals surface area (Å²) in [7, 11) is 0. The van der Waals surface area contributed by atoms with Gasteiger partial charge in [0.15, 0.2) is 0 Å². The van der Waals surface area contributed by atoms with Crippen molar-refractivity contribution in [2.45, 2.75) is 33.6 Å². The van der Waals surface area contributed by atoms with Crippen LogP contribution >= 0.6 is 0 Å². The fourth-order valence-electron chi connectivity index (χ4n) is 3.76. The van der Waals surface area contributed by atoms with E-state index in [0.29, 0.717) is 32.7 Å². The van der Waals surface area contributed by atoms with E-state index in [1.165, 1.54) is 0 Å². The minimum absolute atomic E-state index is 0.0102. The van der Waals surface area contributed by atoms with Crippen LogP contribution in [0.2, 0.25) is 0 Å². The van der Waals surface area contributed by atoms with Crippen LogP contribution < -0.4 is 10.1 Å². The molecule has 1 heterocycles. The molecule has 2 amide bonds. The van der Waals surface area contributed by atoms with Gasteiger partial charge < -0.3 is 15.0 Å². The summed E-state index contributed by atoms with van der Waals surface area (Å²) in [5.41, 5.74) is 4.26. The van der Waals surface area contributed by atoms with E-state index in [4.69, 9.17) is 4.74 Å². The first-order chi connectivity index (χ1) is 15.0. The highest BCUT2D eigenvalue weighted by molar-refractivity contribution is 5.93. The van der Waals surface area contributed by atoms with Crippen molar-refractivity contribution in [3.8, 4) is 5.75 Å². The van der Waals surface area contributed by atoms with Crippen LogP contribution in [0.15, 0.2) is 42.5 Å². The molecule has 0 aromatic heterocycles. The molecule has 166 valence electrons. The van der Waals surface area contributed by atoms with Gasteiger partial charge in [0.1, 0.15) is 5.75 Å². The van der Waals surface area contributed by atoms with Gasteiger partial charge in [0, 0.05) is 38.3 Å². The molecule has 1 fully saturated rings. The highest BCUT2D eigenvalue weighted by Crippen LogP contribution is 2.18. The van der Waals surface area contributed by atoms with Crippen LogP contribution in [0.1, 0.15) is 30.0 Å². The van der Waals surface area contributed by atoms with Gasteiger partial charge in [-0.25, -0.2) is 0 Å². The lowest BCUT2D eigenvalue weighted by molar-refractivity contribution is -0.133. The number of ether oxygens (including phenoxy) is 1. The molecule has 0 bridgehead atoms. The predicted octanol–water partition coefficient (Wildman–Crippen LogP) is 3.42. The van der Waals surface area contributed by atoms with Gasteiger partial charge in [-0.05, 0) is 62.1 Å². The summed E-state index contributed by atoms with van der Waals surface area (Å²) in [5.74, 6) is 1.02. The monoisotopic (exact) mass is 423 g/mol. The van der Waals surface area contributed by atoms with Gasteiger partial charge in [-0.2, -0.15) is 0 Å². The molecule has 0 atom stereocenters. The molecule has 1 N–H and O–H groups in total. The average molecular weight is 424 g/mol. The Kier molecular flexibility index (Phi) is 8.06. The predicted molar refractivity (Wildman–Crippen MR) is 123 cm³/mol. The summed E-state index contributed by atoms with van der Waals surface area (Å²) in [6.07, 6.45) is 1.23. The lowest BCUT2D eigenvalue weighted by atomic mass is 10.1. The van der Waals surface area contributed by atoms with Crippen LogP contribution in [0, 0.1) is 13.8 Å². The van der Waals surface area contributed by atoms with Crippen molar-refractivity contribution >= 4 is 17.5 Å². The summed E-state index contributed by atoms with van der Waals surface area (Å²) < 4.78 is 5.45. The number of nitrogens with one attached hydrogen (secondary N) is 1. The quantitative estimate of drug-likeness (QED) is 0.707. The zero-order valence-electron chi connectivity index (χ0n) is 18.8. The fourth-order valence-corrected chi connectivity index (χ4v) is 3.76. The number of anilines is 1. The normalized spacial score (nSPS) is 14.4. The van der Waals surface area contributed by atoms with Crippen LogP contribution in [0.4, 0.5) is 5.69 Å². The van der Waals surface area contributed by atoms with Gasteiger partial charge in [0.2, 0.25) is 11.8 Å². The maximum absolute atomic E-state index is 12.6. The second-order valence-electron chi connectivity index (χ2n) is 8.03. The Morgan fingerprint density at radius 2 is 1.71 bits per heavy atom. The Balaban J connectivity index is 1.40. The topological polar surface area (TPSA) is 61.9 Å². The molecule has 6 nitrogen and oxygen atoms in total. The highest BCUT2D eigenvalue weighted by atomic mass is 16.5. The Morgan fingerprint density at radius 3 is 2.39 bits per heavy atom. The van der Waals surface area contributed by atoms with Crippen LogP contribution in [0.3, 0.4) is 0 Å². The maximum Gasteiger partial charge on any atom is 0.238 e. The molecule has 0 unspecified atom stereocenters. The summed E-state index contributed by atoms with van der Waals surface area (Å²) in [4.78, 5) is 29.0. The Labute approximate surface area is 185 Å². The van der Waals surface area contributed by atoms with E-state index >= 15 is 0 Å². The molecular formula is C25H33N3O3. The van der Waals surface area contributed by atoms with E-state index in [0.717, 1.165) is 47.6 Å². The maximum atomic E-state index is 12.6. The molecule has 2 aromatic rings. The minimum atomic E-state index is -0.0102. The van der Waals surface area contributed by atoms with Gasteiger partial charge in [-0.15, -0.1) is 0 Å². The molecule has 0 aliphatic carbocycles. The van der Waals surface area contributed by atoms with Crippen molar-refractivity contribution in [3.63, 3.8) is 0 Å². The van der Waals surface area contributed by atoms with Crippen LogP contribution in [-0.4, -0.2) is 60.9 Å². The van der Waals surface area contributed by atoms with Gasteiger partial charge in [0.05, 0.1) is 13.2 Å². The number of carbonyl (C=O) groups is 2. The molecule has 0 spiro atoms. The van der Waals surface area contributed by atoms with Gasteiger partial charge in [0.25, 0.3) is 0 Å². The lowest BCUT2D eigenvalue weighted by Crippen LogP contribution is -2.50. The minimum Gasteiger partial charge on any atom is -0.494 e. The first kappa shape index (κ1) is 22.8. The summed E-state index contributed by atoms with van der Waals surface area (Å²) >= 11 is 0. The molecule has 1 aliphatic rings. The molecule has 0 saturated carbocycles. The van der Waals surface area contributed by atoms with Gasteiger partial charge >= 0.3 is 0 Å². The van der Waals surface area contributed by atoms with E-state index in [-0.39, 0.29) is 11.8 Å². The molecule has 1 saturated heterocycles. The SMILES string of the molecule is CCOc1ccc(CCC(=O)N2CCN(CC(=O)Nc3cccc(C)c3C)CC2)cc1. The smallest absolute Gasteiger partial charge is 0.238 e. The second kappa shape index (κ2) is 11.0. The first-order valence-corrected chi connectivity index (χ1v) is 11.0. The second-order valence-corrected chi connectivity index (χ2v) is 8.03. The third-order valence-electron chi connectivity index (χ3n) is 5.83. The van der Waals surface area contributed by atoms with Crippen LogP contribution in [-0.2, 0) is 16.0 Å². The zero-order chi connectivity index (χ0) is 22.2. The zero-order valence-corrected chi connectivity index (χ0v) is 18.8. The first-order valence-electron chi connectivity index (χ1n) is 11.0. The average Bonchev–Trinajstić information content (AvgIpc) is 2.77. The number of nitrogens with zero attached hydrogens (tertiary/aromatic N) is 2. The van der Waals surface area contributed by atoms with E-state index in [2.05, 4.69) is 10.2 Å². The van der Waals surface area contributed by atoms with Crippen molar-refractivity contribution in [1.82, 2.24) is 9.80 Å². The number of hydrogen-bond acceptors (Lipinski definition) is 4. The molecule has 2 aromatic carbocycles. The molecule has 0 radical (unpaired) electrons. The number of carbonyl (C=O) groups excluding carboxylic acids is 2. The van der Waals surface area contributed by atoms with Gasteiger partial charge in [-0.1, -0.05) is 24.3 Å². The van der Waals surface area contributed by atoms with Crippen molar-refractivity contribution in [2.75, 3.05) is 44.6 Å². The van der Waals surface area contributed by atoms with Crippen LogP contribution in [0.5, 0.6) is 5.75 Å². The molecule has 3 rings (SSSR count). The molecule has 6 heteroatoms. The fraction of sp³-hybridized carbons (Fsp3) is 0.440. The number of rotatable bonds is 8. The number of amides is 2. The van der Waals surface area contributed by atoms with Crippen molar-refractivity contribution in [3.05, 3.63) is 59.2 Å². The largest absolute Gasteiger partial charge is 0.494 e. The highest BCUT2D eigenvalue weighted by Gasteiger charge is 2.22. The number of aryl methyl sites for hydroxylation is 2. The van der Waals surface area contributed by atoms with E-state index in [1.807, 2.05) is 68.1 Å². The van der Waals surface area contributed by atoms with E-state index in [1.54, 1.807) is 0 Å².